The lowest BCUT2D eigenvalue weighted by atomic mass is 10.1. The van der Waals surface area contributed by atoms with Gasteiger partial charge in [-0.1, -0.05) is 0 Å². The maximum atomic E-state index is 12.6. The number of carbonyl (C=O) groups excluding carboxylic acids is 1. The highest BCUT2D eigenvalue weighted by molar-refractivity contribution is 5.94. The average Bonchev–Trinajstić information content (AvgIpc) is 3.53. The number of nitro groups is 1. The van der Waals surface area contributed by atoms with Gasteiger partial charge in [0.2, 0.25) is 0 Å². The van der Waals surface area contributed by atoms with E-state index in [-0.39, 0.29) is 11.6 Å². The molecule has 2 fully saturated rings. The van der Waals surface area contributed by atoms with Gasteiger partial charge in [0, 0.05) is 56.0 Å². The Labute approximate surface area is 150 Å². The Morgan fingerprint density at radius 1 is 1.08 bits per heavy atom. The Balaban J connectivity index is 1.39. The van der Waals surface area contributed by atoms with Crippen LogP contribution in [-0.4, -0.2) is 51.9 Å². The Bertz CT molecular complexity index is 827. The number of piperazine rings is 1. The summed E-state index contributed by atoms with van der Waals surface area (Å²) in [5.74, 6) is 2.26. The van der Waals surface area contributed by atoms with E-state index in [9.17, 15) is 14.9 Å². The molecule has 2 heterocycles. The van der Waals surface area contributed by atoms with Crippen LogP contribution in [0.25, 0.3) is 0 Å². The molecule has 1 aromatic heterocycles. The first kappa shape index (κ1) is 16.4. The largest absolute Gasteiger partial charge is 0.353 e. The molecular formula is C18H19N5O3. The fraction of sp³-hybridized carbons (Fsp3) is 0.389. The van der Waals surface area contributed by atoms with Gasteiger partial charge in [0.25, 0.3) is 11.6 Å². The van der Waals surface area contributed by atoms with E-state index in [0.717, 1.165) is 11.6 Å². The standard InChI is InChI=1S/C18H19N5O3/c24-18(14-3-5-15(6-4-14)23(25)26)22-11-9-21(10-12-22)16-7-8-19-17(20-16)13-1-2-13/h3-8,13H,1-2,9-12H2. The third-order valence-corrected chi connectivity index (χ3v) is 4.82. The first-order valence-corrected chi connectivity index (χ1v) is 8.73. The molecule has 8 heteroatoms. The van der Waals surface area contributed by atoms with Gasteiger partial charge >= 0.3 is 0 Å². The zero-order valence-electron chi connectivity index (χ0n) is 14.2. The minimum Gasteiger partial charge on any atom is -0.353 e. The van der Waals surface area contributed by atoms with E-state index in [1.807, 2.05) is 12.3 Å². The number of hydrogen-bond donors (Lipinski definition) is 0. The normalized spacial score (nSPS) is 17.2. The molecule has 134 valence electrons. The summed E-state index contributed by atoms with van der Waals surface area (Å²) in [5, 5.41) is 10.7. The van der Waals surface area contributed by atoms with Crippen molar-refractivity contribution in [3.05, 3.63) is 58.0 Å². The van der Waals surface area contributed by atoms with Crippen molar-refractivity contribution in [2.24, 2.45) is 0 Å². The molecule has 8 nitrogen and oxygen atoms in total. The van der Waals surface area contributed by atoms with Crippen molar-refractivity contribution in [2.45, 2.75) is 18.8 Å². The minimum atomic E-state index is -0.468. The van der Waals surface area contributed by atoms with E-state index in [0.29, 0.717) is 37.7 Å². The maximum absolute atomic E-state index is 12.6. The minimum absolute atomic E-state index is 0.0124. The highest BCUT2D eigenvalue weighted by Gasteiger charge is 2.28. The van der Waals surface area contributed by atoms with E-state index in [2.05, 4.69) is 14.9 Å². The molecular weight excluding hydrogens is 334 g/mol. The van der Waals surface area contributed by atoms with Gasteiger partial charge in [-0.2, -0.15) is 0 Å². The molecule has 0 unspecified atom stereocenters. The van der Waals surface area contributed by atoms with E-state index >= 15 is 0 Å². The van der Waals surface area contributed by atoms with Gasteiger partial charge in [-0.25, -0.2) is 9.97 Å². The van der Waals surface area contributed by atoms with Crippen molar-refractivity contribution in [3.8, 4) is 0 Å². The van der Waals surface area contributed by atoms with Gasteiger partial charge in [-0.3, -0.25) is 14.9 Å². The molecule has 1 saturated heterocycles. The summed E-state index contributed by atoms with van der Waals surface area (Å²) in [6, 6.07) is 7.67. The number of carbonyl (C=O) groups is 1. The Morgan fingerprint density at radius 3 is 2.38 bits per heavy atom. The number of benzene rings is 1. The van der Waals surface area contributed by atoms with Gasteiger partial charge in [0.05, 0.1) is 4.92 Å². The predicted octanol–water partition coefficient (Wildman–Crippen LogP) is 2.22. The molecule has 2 aromatic rings. The van der Waals surface area contributed by atoms with Crippen molar-refractivity contribution in [1.29, 1.82) is 0 Å². The third-order valence-electron chi connectivity index (χ3n) is 4.82. The summed E-state index contributed by atoms with van der Waals surface area (Å²) < 4.78 is 0. The van der Waals surface area contributed by atoms with Crippen LogP contribution in [0.5, 0.6) is 0 Å². The van der Waals surface area contributed by atoms with E-state index in [1.54, 1.807) is 4.90 Å². The highest BCUT2D eigenvalue weighted by Crippen LogP contribution is 2.38. The molecule has 1 aliphatic heterocycles. The van der Waals surface area contributed by atoms with Crippen LogP contribution >= 0.6 is 0 Å². The van der Waals surface area contributed by atoms with Crippen LogP contribution in [0.3, 0.4) is 0 Å². The molecule has 2 aliphatic rings. The maximum Gasteiger partial charge on any atom is 0.269 e. The molecule has 4 rings (SSSR count). The van der Waals surface area contributed by atoms with E-state index in [4.69, 9.17) is 0 Å². The first-order valence-electron chi connectivity index (χ1n) is 8.73. The van der Waals surface area contributed by atoms with Crippen molar-refractivity contribution in [1.82, 2.24) is 14.9 Å². The van der Waals surface area contributed by atoms with E-state index in [1.165, 1.54) is 37.1 Å². The average molecular weight is 353 g/mol. The van der Waals surface area contributed by atoms with Gasteiger partial charge < -0.3 is 9.80 Å². The molecule has 0 bridgehead atoms. The monoisotopic (exact) mass is 353 g/mol. The number of amides is 1. The van der Waals surface area contributed by atoms with Gasteiger partial charge in [-0.15, -0.1) is 0 Å². The Hall–Kier alpha value is -3.03. The second-order valence-electron chi connectivity index (χ2n) is 6.63. The lowest BCUT2D eigenvalue weighted by Gasteiger charge is -2.35. The quantitative estimate of drug-likeness (QED) is 0.618. The van der Waals surface area contributed by atoms with Crippen LogP contribution in [0.4, 0.5) is 11.5 Å². The molecule has 1 saturated carbocycles. The molecule has 1 aliphatic carbocycles. The van der Waals surface area contributed by atoms with Crippen LogP contribution in [-0.2, 0) is 0 Å². The van der Waals surface area contributed by atoms with Crippen LogP contribution in [0.15, 0.2) is 36.5 Å². The zero-order valence-corrected chi connectivity index (χ0v) is 14.2. The van der Waals surface area contributed by atoms with Crippen LogP contribution in [0, 0.1) is 10.1 Å². The Kier molecular flexibility index (Phi) is 4.24. The topological polar surface area (TPSA) is 92.5 Å². The molecule has 1 amide bonds. The molecule has 0 spiro atoms. The molecule has 0 N–H and O–H groups in total. The predicted molar refractivity (Wildman–Crippen MR) is 95.2 cm³/mol. The second kappa shape index (κ2) is 6.70. The number of nitro benzene ring substituents is 1. The number of hydrogen-bond acceptors (Lipinski definition) is 6. The summed E-state index contributed by atoms with van der Waals surface area (Å²) in [6.45, 7) is 2.61. The highest BCUT2D eigenvalue weighted by atomic mass is 16.6. The number of aromatic nitrogens is 2. The summed E-state index contributed by atoms with van der Waals surface area (Å²) >= 11 is 0. The number of rotatable bonds is 4. The fourth-order valence-electron chi connectivity index (χ4n) is 3.13. The van der Waals surface area contributed by atoms with Gasteiger partial charge in [0.1, 0.15) is 11.6 Å². The first-order chi connectivity index (χ1) is 12.6. The summed E-state index contributed by atoms with van der Waals surface area (Å²) in [5.41, 5.74) is 0.462. The number of nitrogens with zero attached hydrogens (tertiary/aromatic N) is 5. The number of anilines is 1. The molecule has 0 atom stereocenters. The van der Waals surface area contributed by atoms with Gasteiger partial charge in [0.15, 0.2) is 0 Å². The van der Waals surface area contributed by atoms with Crippen LogP contribution in [0.2, 0.25) is 0 Å². The van der Waals surface area contributed by atoms with Crippen LogP contribution in [0.1, 0.15) is 34.9 Å². The van der Waals surface area contributed by atoms with E-state index < -0.39 is 4.92 Å². The van der Waals surface area contributed by atoms with Crippen molar-refractivity contribution >= 4 is 17.4 Å². The molecule has 0 radical (unpaired) electrons. The zero-order chi connectivity index (χ0) is 18.1. The van der Waals surface area contributed by atoms with Gasteiger partial charge in [-0.05, 0) is 31.0 Å². The summed E-state index contributed by atoms with van der Waals surface area (Å²) in [4.78, 5) is 35.8. The summed E-state index contributed by atoms with van der Waals surface area (Å²) in [7, 11) is 0. The summed E-state index contributed by atoms with van der Waals surface area (Å²) in [6.07, 6.45) is 4.15. The fourth-order valence-corrected chi connectivity index (χ4v) is 3.13. The third kappa shape index (κ3) is 3.35. The lowest BCUT2D eigenvalue weighted by Crippen LogP contribution is -2.49. The molecule has 1 aromatic carbocycles. The lowest BCUT2D eigenvalue weighted by molar-refractivity contribution is -0.384. The van der Waals surface area contributed by atoms with Crippen LogP contribution < -0.4 is 4.90 Å². The number of non-ortho nitro benzene ring substituents is 1. The van der Waals surface area contributed by atoms with Crippen molar-refractivity contribution in [3.63, 3.8) is 0 Å². The SMILES string of the molecule is O=C(c1ccc([N+](=O)[O-])cc1)N1CCN(c2ccnc(C3CC3)n2)CC1. The smallest absolute Gasteiger partial charge is 0.269 e. The van der Waals surface area contributed by atoms with Crippen molar-refractivity contribution < 1.29 is 9.72 Å². The van der Waals surface area contributed by atoms with Crippen molar-refractivity contribution in [2.75, 3.05) is 31.1 Å². The second-order valence-corrected chi connectivity index (χ2v) is 6.63. The Morgan fingerprint density at radius 2 is 1.77 bits per heavy atom. The molecule has 26 heavy (non-hydrogen) atoms.